The van der Waals surface area contributed by atoms with Crippen molar-refractivity contribution in [3.63, 3.8) is 0 Å². The number of hydrogen-bond donors (Lipinski definition) is 3. The average Bonchev–Trinajstić information content (AvgIpc) is 3.32. The zero-order valence-electron chi connectivity index (χ0n) is 27.2. The molecular weight excluding hydrogens is 554 g/mol. The molecule has 0 aliphatic heterocycles. The molecule has 1 amide bonds. The van der Waals surface area contributed by atoms with Crippen molar-refractivity contribution in [2.75, 3.05) is 5.32 Å². The number of hydrogen-bond acceptors (Lipinski definition) is 6. The van der Waals surface area contributed by atoms with Gasteiger partial charge in [0.15, 0.2) is 0 Å². The first kappa shape index (κ1) is 31.5. The fourth-order valence-electron chi connectivity index (χ4n) is 10.9. The fourth-order valence-corrected chi connectivity index (χ4v) is 10.9. The molecule has 3 N–H and O–H groups in total. The number of amides is 1. The predicted molar refractivity (Wildman–Crippen MR) is 171 cm³/mol. The number of ketones is 1. The highest BCUT2D eigenvalue weighted by Gasteiger charge is 2.62. The number of anilines is 1. The molecule has 1 aromatic carbocycles. The first-order chi connectivity index (χ1) is 20.8. The first-order valence-corrected chi connectivity index (χ1v) is 17.0. The van der Waals surface area contributed by atoms with E-state index in [4.69, 9.17) is 4.42 Å². The Morgan fingerprint density at radius 1 is 1.05 bits per heavy atom. The lowest BCUT2D eigenvalue weighted by Crippen LogP contribution is -2.58. The van der Waals surface area contributed by atoms with Gasteiger partial charge < -0.3 is 19.9 Å². The van der Waals surface area contributed by atoms with Crippen LogP contribution in [0.25, 0.3) is 11.0 Å². The topological polar surface area (TPSA) is 117 Å². The third-order valence-electron chi connectivity index (χ3n) is 13.2. The molecule has 7 heteroatoms. The number of fused-ring (bicyclic) bond motifs is 6. The Bertz CT molecular complexity index is 1500. The van der Waals surface area contributed by atoms with Crippen LogP contribution in [0.2, 0.25) is 0 Å². The van der Waals surface area contributed by atoms with Crippen molar-refractivity contribution in [3.05, 3.63) is 39.7 Å². The van der Waals surface area contributed by atoms with Crippen LogP contribution in [0, 0.1) is 53.3 Å². The van der Waals surface area contributed by atoms with Crippen LogP contribution in [0.3, 0.4) is 0 Å². The van der Waals surface area contributed by atoms with Gasteiger partial charge in [-0.05, 0) is 136 Å². The van der Waals surface area contributed by atoms with E-state index < -0.39 is 5.63 Å². The Morgan fingerprint density at radius 3 is 2.52 bits per heavy atom. The van der Waals surface area contributed by atoms with Gasteiger partial charge in [0.2, 0.25) is 5.91 Å². The summed E-state index contributed by atoms with van der Waals surface area (Å²) in [6.45, 7) is 10.5. The van der Waals surface area contributed by atoms with Crippen LogP contribution < -0.4 is 10.9 Å². The molecule has 4 fully saturated rings. The van der Waals surface area contributed by atoms with E-state index >= 15 is 0 Å². The maximum Gasteiger partial charge on any atom is 0.340 e. The third kappa shape index (κ3) is 5.36. The normalized spacial score (nSPS) is 37.1. The maximum atomic E-state index is 13.1. The molecular formula is C37H51NO6. The molecule has 0 bridgehead atoms. The van der Waals surface area contributed by atoms with Crippen LogP contribution >= 0.6 is 0 Å². The number of rotatable bonds is 7. The molecule has 0 spiro atoms. The quantitative estimate of drug-likeness (QED) is 0.307. The van der Waals surface area contributed by atoms with Crippen molar-refractivity contribution < 1.29 is 24.2 Å². The van der Waals surface area contributed by atoms with Crippen LogP contribution in [-0.2, 0) is 16.0 Å². The SMILES string of the molecule is CC(=O)Cc1c(C)c2ccc(NC(=O)CC[C@@H](C)[C@H]3CC[C@H]4[C@@H]5C(O)C[C@@H]6C[C@H](O)CC[C@]6(C)[C@H]5CC[C@]34C)cc2oc1=O. The average molecular weight is 606 g/mol. The van der Waals surface area contributed by atoms with E-state index in [1.165, 1.54) is 13.3 Å². The highest BCUT2D eigenvalue weighted by Crippen LogP contribution is 2.68. The smallest absolute Gasteiger partial charge is 0.340 e. The molecule has 4 saturated carbocycles. The number of benzene rings is 1. The molecule has 6 rings (SSSR count). The summed E-state index contributed by atoms with van der Waals surface area (Å²) in [5.41, 5.74) is 2.03. The summed E-state index contributed by atoms with van der Waals surface area (Å²) in [4.78, 5) is 37.2. The second-order valence-electron chi connectivity index (χ2n) is 15.6. The molecule has 240 valence electrons. The highest BCUT2D eigenvalue weighted by atomic mass is 16.4. The Morgan fingerprint density at radius 2 is 1.77 bits per heavy atom. The second-order valence-corrected chi connectivity index (χ2v) is 15.6. The fraction of sp³-hybridized carbons (Fsp3) is 0.703. The van der Waals surface area contributed by atoms with Crippen LogP contribution in [0.5, 0.6) is 0 Å². The Balaban J connectivity index is 1.09. The zero-order valence-corrected chi connectivity index (χ0v) is 27.2. The summed E-state index contributed by atoms with van der Waals surface area (Å²) < 4.78 is 5.52. The summed E-state index contributed by atoms with van der Waals surface area (Å²) in [5.74, 6) is 2.63. The van der Waals surface area contributed by atoms with Gasteiger partial charge in [0.25, 0.3) is 0 Å². The maximum absolute atomic E-state index is 13.1. The lowest BCUT2D eigenvalue weighted by molar-refractivity contribution is -0.174. The van der Waals surface area contributed by atoms with Gasteiger partial charge in [-0.1, -0.05) is 20.8 Å². The summed E-state index contributed by atoms with van der Waals surface area (Å²) >= 11 is 0. The van der Waals surface area contributed by atoms with E-state index in [0.717, 1.165) is 62.3 Å². The lowest BCUT2D eigenvalue weighted by Gasteiger charge is -2.62. The summed E-state index contributed by atoms with van der Waals surface area (Å²) in [6, 6.07) is 5.35. The van der Waals surface area contributed by atoms with Gasteiger partial charge in [-0.25, -0.2) is 4.79 Å². The van der Waals surface area contributed by atoms with Crippen molar-refractivity contribution in [2.24, 2.45) is 46.3 Å². The van der Waals surface area contributed by atoms with Gasteiger partial charge in [0, 0.05) is 35.5 Å². The van der Waals surface area contributed by atoms with E-state index in [-0.39, 0.29) is 41.1 Å². The zero-order chi connectivity index (χ0) is 31.6. The van der Waals surface area contributed by atoms with Crippen molar-refractivity contribution >= 4 is 28.3 Å². The number of aliphatic hydroxyl groups excluding tert-OH is 2. The largest absolute Gasteiger partial charge is 0.422 e. The number of nitrogens with one attached hydrogen (secondary N) is 1. The minimum Gasteiger partial charge on any atom is -0.422 e. The number of carbonyl (C=O) groups is 2. The molecule has 1 heterocycles. The molecule has 0 radical (unpaired) electrons. The first-order valence-electron chi connectivity index (χ1n) is 17.0. The highest BCUT2D eigenvalue weighted by molar-refractivity contribution is 5.94. The Hall–Kier alpha value is -2.51. The number of aryl methyl sites for hydroxylation is 1. The third-order valence-corrected chi connectivity index (χ3v) is 13.2. The van der Waals surface area contributed by atoms with E-state index in [1.807, 2.05) is 19.1 Å². The van der Waals surface area contributed by atoms with Gasteiger partial charge in [-0.3, -0.25) is 9.59 Å². The Labute approximate surface area is 261 Å². The molecule has 4 aliphatic carbocycles. The van der Waals surface area contributed by atoms with Crippen LogP contribution in [-0.4, -0.2) is 34.1 Å². The van der Waals surface area contributed by atoms with E-state index in [0.29, 0.717) is 58.8 Å². The van der Waals surface area contributed by atoms with Gasteiger partial charge >= 0.3 is 5.63 Å². The van der Waals surface area contributed by atoms with E-state index in [2.05, 4.69) is 26.1 Å². The molecule has 2 aromatic rings. The van der Waals surface area contributed by atoms with Gasteiger partial charge in [0.05, 0.1) is 12.2 Å². The van der Waals surface area contributed by atoms with Crippen molar-refractivity contribution in [1.82, 2.24) is 0 Å². The summed E-state index contributed by atoms with van der Waals surface area (Å²) in [7, 11) is 0. The minimum absolute atomic E-state index is 0.0481. The Kier molecular flexibility index (Phi) is 8.36. The molecule has 7 nitrogen and oxygen atoms in total. The van der Waals surface area contributed by atoms with Crippen LogP contribution in [0.15, 0.2) is 27.4 Å². The van der Waals surface area contributed by atoms with E-state index in [9.17, 15) is 24.6 Å². The molecule has 44 heavy (non-hydrogen) atoms. The monoisotopic (exact) mass is 605 g/mol. The van der Waals surface area contributed by atoms with Crippen LogP contribution in [0.1, 0.15) is 103 Å². The summed E-state index contributed by atoms with van der Waals surface area (Å²) in [6.07, 6.45) is 9.12. The second kappa shape index (κ2) is 11.7. The standard InChI is InChI=1S/C37H51NO6/c1-20(6-11-33(42)38-24-7-8-26-22(3)27(16-21(2)39)35(43)44-32(26)19-24)28-9-10-29-34-30(13-15-37(28,29)5)36(4)14-12-25(40)17-23(36)18-31(34)41/h7-8,19-20,23,25,28-31,34,40-41H,6,9-18H2,1-5H3,(H,38,42)/t20-,23+,25-,28-,29+,30+,31?,34+,36+,37-/m1/s1. The lowest BCUT2D eigenvalue weighted by atomic mass is 9.43. The molecule has 1 aromatic heterocycles. The van der Waals surface area contributed by atoms with Crippen molar-refractivity contribution in [3.8, 4) is 0 Å². The molecule has 4 aliphatic rings. The van der Waals surface area contributed by atoms with Gasteiger partial charge in [-0.2, -0.15) is 0 Å². The predicted octanol–water partition coefficient (Wildman–Crippen LogP) is 6.58. The summed E-state index contributed by atoms with van der Waals surface area (Å²) in [5, 5.41) is 25.6. The number of aliphatic hydroxyl groups is 2. The van der Waals surface area contributed by atoms with Crippen LogP contribution in [0.4, 0.5) is 5.69 Å². The molecule has 1 unspecified atom stereocenters. The van der Waals surface area contributed by atoms with E-state index in [1.54, 1.807) is 6.07 Å². The van der Waals surface area contributed by atoms with Crippen molar-refractivity contribution in [2.45, 2.75) is 117 Å². The van der Waals surface area contributed by atoms with Gasteiger partial charge in [-0.15, -0.1) is 0 Å². The van der Waals surface area contributed by atoms with Crippen molar-refractivity contribution in [1.29, 1.82) is 0 Å². The molecule has 10 atom stereocenters. The minimum atomic E-state index is -0.507. The van der Waals surface area contributed by atoms with Gasteiger partial charge in [0.1, 0.15) is 11.4 Å². The number of Topliss-reactive ketones (excluding diaryl/α,β-unsaturated/α-hetero) is 1. The number of carbonyl (C=O) groups excluding carboxylic acids is 2. The molecule has 0 saturated heterocycles.